The van der Waals surface area contributed by atoms with Crippen LogP contribution in [0.15, 0.2) is 157 Å². The predicted octanol–water partition coefficient (Wildman–Crippen LogP) is 11.2. The van der Waals surface area contributed by atoms with E-state index in [1.54, 1.807) is 0 Å². The summed E-state index contributed by atoms with van der Waals surface area (Å²) in [6, 6.07) is 52.7. The summed E-state index contributed by atoms with van der Waals surface area (Å²) in [6.07, 6.45) is 0. The topological polar surface area (TPSA) is 21.8 Å². The van der Waals surface area contributed by atoms with Crippen LogP contribution in [-0.4, -0.2) is 5.50 Å². The highest BCUT2D eigenvalue weighted by Crippen LogP contribution is 2.55. The Morgan fingerprint density at radius 1 is 0.535 bits per heavy atom. The SMILES string of the molecule is Clc1c(N(c2ccccc2)c2ccccc2)cccc1N(c1ccccc1)c1ccc2c(c1)N1c3ccccc3NC1S2. The normalized spacial score (nSPS) is 14.4. The number of hydrogen-bond donors (Lipinski definition) is 1. The largest absolute Gasteiger partial charge is 0.354 e. The Morgan fingerprint density at radius 2 is 1.07 bits per heavy atom. The van der Waals surface area contributed by atoms with E-state index in [-0.39, 0.29) is 5.50 Å². The van der Waals surface area contributed by atoms with Crippen LogP contribution in [0.1, 0.15) is 0 Å². The maximum atomic E-state index is 7.46. The number of nitrogens with zero attached hydrogens (tertiary/aromatic N) is 3. The molecule has 8 rings (SSSR count). The Balaban J connectivity index is 1.29. The van der Waals surface area contributed by atoms with E-state index in [1.807, 2.05) is 30.0 Å². The second-order valence-electron chi connectivity index (χ2n) is 10.4. The lowest BCUT2D eigenvalue weighted by Crippen LogP contribution is -2.23. The second-order valence-corrected chi connectivity index (χ2v) is 11.9. The number of benzene rings is 6. The zero-order chi connectivity index (χ0) is 28.8. The molecule has 43 heavy (non-hydrogen) atoms. The Hall–Kier alpha value is -4.84. The van der Waals surface area contributed by atoms with E-state index in [4.69, 9.17) is 11.6 Å². The summed E-state index contributed by atoms with van der Waals surface area (Å²) < 4.78 is 0. The molecule has 2 aliphatic heterocycles. The summed E-state index contributed by atoms with van der Waals surface area (Å²) in [5.41, 5.74) is 9.67. The summed E-state index contributed by atoms with van der Waals surface area (Å²) in [6.45, 7) is 0. The average molecular weight is 595 g/mol. The van der Waals surface area contributed by atoms with Crippen LogP contribution in [0, 0.1) is 0 Å². The number of hydrogen-bond acceptors (Lipinski definition) is 5. The quantitative estimate of drug-likeness (QED) is 0.206. The Morgan fingerprint density at radius 3 is 1.67 bits per heavy atom. The van der Waals surface area contributed by atoms with Gasteiger partial charge in [0.2, 0.25) is 0 Å². The minimum absolute atomic E-state index is 0.144. The molecule has 0 spiro atoms. The van der Waals surface area contributed by atoms with Gasteiger partial charge in [0, 0.05) is 27.6 Å². The molecule has 0 radical (unpaired) electrons. The molecule has 6 aromatic rings. The van der Waals surface area contributed by atoms with E-state index in [0.29, 0.717) is 5.02 Å². The summed E-state index contributed by atoms with van der Waals surface area (Å²) in [5.74, 6) is 0. The van der Waals surface area contributed by atoms with Crippen LogP contribution >= 0.6 is 23.4 Å². The maximum absolute atomic E-state index is 7.46. The van der Waals surface area contributed by atoms with Crippen molar-refractivity contribution in [3.05, 3.63) is 157 Å². The van der Waals surface area contributed by atoms with Gasteiger partial charge in [0.25, 0.3) is 0 Å². The zero-order valence-electron chi connectivity index (χ0n) is 23.1. The second kappa shape index (κ2) is 10.8. The highest BCUT2D eigenvalue weighted by molar-refractivity contribution is 8.00. The van der Waals surface area contributed by atoms with E-state index >= 15 is 0 Å². The molecule has 0 aromatic heterocycles. The first kappa shape index (κ1) is 25.8. The lowest BCUT2D eigenvalue weighted by Gasteiger charge is -2.31. The first-order valence-corrected chi connectivity index (χ1v) is 15.5. The number of halogens is 1. The number of nitrogens with one attached hydrogen (secondary N) is 1. The van der Waals surface area contributed by atoms with Crippen molar-refractivity contribution in [3.8, 4) is 0 Å². The van der Waals surface area contributed by atoms with Gasteiger partial charge in [-0.1, -0.05) is 96.2 Å². The van der Waals surface area contributed by atoms with Gasteiger partial charge in [0.05, 0.1) is 33.5 Å². The molecule has 2 aliphatic rings. The van der Waals surface area contributed by atoms with Gasteiger partial charge in [-0.25, -0.2) is 0 Å². The highest BCUT2D eigenvalue weighted by atomic mass is 35.5. The standard InChI is InChI=1S/C37H27ClN4S/c38-36-32(40(26-13-4-1-5-14-26)27-15-6-2-7-16-27)21-12-22-33(36)41(28-17-8-3-9-18-28)29-23-24-35-34(25-29)42-31-20-11-10-19-30(31)39-37(42)43-35/h1-25,37,39H. The summed E-state index contributed by atoms with van der Waals surface area (Å²) in [4.78, 5) is 8.12. The van der Waals surface area contributed by atoms with Gasteiger partial charge in [-0.15, -0.1) is 0 Å². The van der Waals surface area contributed by atoms with Gasteiger partial charge in [0.1, 0.15) is 0 Å². The van der Waals surface area contributed by atoms with E-state index in [1.165, 1.54) is 16.3 Å². The zero-order valence-corrected chi connectivity index (χ0v) is 24.7. The molecular weight excluding hydrogens is 568 g/mol. The van der Waals surface area contributed by atoms with E-state index < -0.39 is 0 Å². The Bertz CT molecular complexity index is 1880. The van der Waals surface area contributed by atoms with Crippen molar-refractivity contribution < 1.29 is 0 Å². The van der Waals surface area contributed by atoms with Crippen LogP contribution in [0.4, 0.5) is 51.2 Å². The number of rotatable bonds is 6. The fraction of sp³-hybridized carbons (Fsp3) is 0.0270. The number of para-hydroxylation sites is 5. The maximum Gasteiger partial charge on any atom is 0.157 e. The molecule has 6 heteroatoms. The molecule has 0 fully saturated rings. The van der Waals surface area contributed by atoms with Crippen molar-refractivity contribution >= 4 is 74.5 Å². The van der Waals surface area contributed by atoms with E-state index in [9.17, 15) is 0 Å². The minimum Gasteiger partial charge on any atom is -0.354 e. The predicted molar refractivity (Wildman–Crippen MR) is 183 cm³/mol. The van der Waals surface area contributed by atoms with E-state index in [2.05, 4.69) is 153 Å². The van der Waals surface area contributed by atoms with Gasteiger partial charge >= 0.3 is 0 Å². The van der Waals surface area contributed by atoms with Crippen molar-refractivity contribution in [1.29, 1.82) is 0 Å². The number of fused-ring (bicyclic) bond motifs is 5. The van der Waals surface area contributed by atoms with Crippen molar-refractivity contribution in [2.75, 3.05) is 20.0 Å². The van der Waals surface area contributed by atoms with Crippen molar-refractivity contribution in [2.24, 2.45) is 0 Å². The first-order chi connectivity index (χ1) is 21.3. The highest BCUT2D eigenvalue weighted by Gasteiger charge is 2.38. The fourth-order valence-corrected chi connectivity index (χ4v) is 7.44. The van der Waals surface area contributed by atoms with Crippen LogP contribution in [0.2, 0.25) is 5.02 Å². The molecule has 6 aromatic carbocycles. The third kappa shape index (κ3) is 4.49. The van der Waals surface area contributed by atoms with Crippen molar-refractivity contribution in [1.82, 2.24) is 0 Å². The molecule has 1 atom stereocenters. The smallest absolute Gasteiger partial charge is 0.157 e. The third-order valence-electron chi connectivity index (χ3n) is 7.86. The molecule has 4 nitrogen and oxygen atoms in total. The molecule has 208 valence electrons. The summed E-state index contributed by atoms with van der Waals surface area (Å²) in [7, 11) is 0. The minimum atomic E-state index is 0.144. The molecular formula is C37H27ClN4S. The summed E-state index contributed by atoms with van der Waals surface area (Å²) in [5, 5.41) is 4.33. The Kier molecular flexibility index (Phi) is 6.47. The van der Waals surface area contributed by atoms with Crippen LogP contribution in [0.5, 0.6) is 0 Å². The average Bonchev–Trinajstić information content (AvgIpc) is 3.60. The van der Waals surface area contributed by atoms with Gasteiger partial charge < -0.3 is 20.0 Å². The van der Waals surface area contributed by atoms with E-state index in [0.717, 1.165) is 39.8 Å². The van der Waals surface area contributed by atoms with Crippen LogP contribution in [-0.2, 0) is 0 Å². The third-order valence-corrected chi connectivity index (χ3v) is 9.40. The molecule has 0 aliphatic carbocycles. The first-order valence-electron chi connectivity index (χ1n) is 14.3. The fourth-order valence-electron chi connectivity index (χ4n) is 5.96. The molecule has 0 saturated heterocycles. The van der Waals surface area contributed by atoms with Crippen molar-refractivity contribution in [2.45, 2.75) is 10.4 Å². The van der Waals surface area contributed by atoms with Gasteiger partial charge in [-0.2, -0.15) is 0 Å². The molecule has 2 heterocycles. The molecule has 0 bridgehead atoms. The van der Waals surface area contributed by atoms with Gasteiger partial charge in [-0.05, 0) is 78.9 Å². The molecule has 0 amide bonds. The van der Waals surface area contributed by atoms with Crippen LogP contribution in [0.3, 0.4) is 0 Å². The summed E-state index contributed by atoms with van der Waals surface area (Å²) >= 11 is 9.31. The number of anilines is 9. The van der Waals surface area contributed by atoms with Crippen LogP contribution < -0.4 is 20.0 Å². The van der Waals surface area contributed by atoms with Crippen molar-refractivity contribution in [3.63, 3.8) is 0 Å². The Labute approximate surface area is 260 Å². The van der Waals surface area contributed by atoms with Crippen LogP contribution in [0.25, 0.3) is 0 Å². The monoisotopic (exact) mass is 594 g/mol. The van der Waals surface area contributed by atoms with Gasteiger partial charge in [-0.3, -0.25) is 0 Å². The number of thioether (sulfide) groups is 1. The lowest BCUT2D eigenvalue weighted by atomic mass is 10.1. The molecule has 1 N–H and O–H groups in total. The van der Waals surface area contributed by atoms with Gasteiger partial charge in [0.15, 0.2) is 5.50 Å². The molecule has 1 unspecified atom stereocenters. The lowest BCUT2D eigenvalue weighted by molar-refractivity contribution is 1.04. The molecule has 0 saturated carbocycles.